The van der Waals surface area contributed by atoms with Gasteiger partial charge in [-0.25, -0.2) is 9.59 Å². The first-order valence-corrected chi connectivity index (χ1v) is 13.4. The molecule has 5 aromatic rings. The number of rotatable bonds is 10. The molecular weight excluding hydrogens is 582 g/mol. The Hall–Kier alpha value is -5.37. The van der Waals surface area contributed by atoms with E-state index in [4.69, 9.17) is 16.7 Å². The summed E-state index contributed by atoms with van der Waals surface area (Å²) < 4.78 is 3.92. The van der Waals surface area contributed by atoms with Crippen LogP contribution in [0.4, 0.5) is 11.6 Å². The Morgan fingerprint density at radius 1 is 1.05 bits per heavy atom. The van der Waals surface area contributed by atoms with Crippen LogP contribution in [0, 0.1) is 0 Å². The van der Waals surface area contributed by atoms with Gasteiger partial charge in [-0.05, 0) is 48.9 Å². The predicted molar refractivity (Wildman–Crippen MR) is 158 cm³/mol. The Bertz CT molecular complexity index is 2020. The Balaban J connectivity index is 1.39. The van der Waals surface area contributed by atoms with Crippen LogP contribution in [-0.2, 0) is 30.2 Å². The molecule has 15 heteroatoms. The molecule has 5 rings (SSSR count). The summed E-state index contributed by atoms with van der Waals surface area (Å²) in [5.41, 5.74) is 1.34. The maximum atomic E-state index is 13.5. The van der Waals surface area contributed by atoms with Gasteiger partial charge in [-0.2, -0.15) is 4.98 Å². The molecule has 0 unspecified atom stereocenters. The first kappa shape index (κ1) is 29.1. The van der Waals surface area contributed by atoms with Gasteiger partial charge in [0.05, 0.1) is 6.54 Å². The van der Waals surface area contributed by atoms with Crippen molar-refractivity contribution in [2.75, 3.05) is 5.32 Å². The standard InChI is InChI=1S/C28H26ClN7O7/c1-34-22-23(35(2)28(43)36(25(22)40)13-16-12-17-18(29)4-3-5-19(17)30-16)33-27(34)31-15-8-6-14(7-9-15)24(39)32-20(26(41)42)10-11-21(37)38/h3-9,12,20,30H,10-11,13H2,1-2H3,(H,31,33)(H,32,39)(H,37,38)(H,41,42)/t20-/m0/s1. The first-order valence-electron chi connectivity index (χ1n) is 13.0. The summed E-state index contributed by atoms with van der Waals surface area (Å²) >= 11 is 6.27. The van der Waals surface area contributed by atoms with Crippen molar-refractivity contribution in [1.29, 1.82) is 0 Å². The minimum absolute atomic E-state index is 0.0109. The molecule has 5 N–H and O–H groups in total. The summed E-state index contributed by atoms with van der Waals surface area (Å²) in [7, 11) is 3.15. The summed E-state index contributed by atoms with van der Waals surface area (Å²) in [4.78, 5) is 69.1. The molecule has 14 nitrogen and oxygen atoms in total. The van der Waals surface area contributed by atoms with Crippen molar-refractivity contribution in [3.63, 3.8) is 0 Å². The molecule has 1 amide bonds. The van der Waals surface area contributed by atoms with Crippen LogP contribution in [0.3, 0.4) is 0 Å². The lowest BCUT2D eigenvalue weighted by Crippen LogP contribution is -2.41. The number of H-pyrrole nitrogens is 1. The van der Waals surface area contributed by atoms with E-state index in [0.717, 1.165) is 15.5 Å². The predicted octanol–water partition coefficient (Wildman–Crippen LogP) is 2.41. The highest BCUT2D eigenvalue weighted by Gasteiger charge is 2.22. The van der Waals surface area contributed by atoms with Crippen LogP contribution in [0.1, 0.15) is 28.9 Å². The van der Waals surface area contributed by atoms with Crippen molar-refractivity contribution in [2.45, 2.75) is 25.4 Å². The number of hydrogen-bond acceptors (Lipinski definition) is 7. The highest BCUT2D eigenvalue weighted by Crippen LogP contribution is 2.24. The van der Waals surface area contributed by atoms with Gasteiger partial charge in [0.25, 0.3) is 11.5 Å². The number of aromatic amines is 1. The number of carbonyl (C=O) groups is 3. The van der Waals surface area contributed by atoms with Crippen molar-refractivity contribution in [3.05, 3.63) is 85.6 Å². The second-order valence-corrected chi connectivity index (χ2v) is 10.3. The number of benzene rings is 2. The summed E-state index contributed by atoms with van der Waals surface area (Å²) in [6.07, 6.45) is -0.671. The van der Waals surface area contributed by atoms with Crippen LogP contribution in [-0.4, -0.2) is 57.8 Å². The number of fused-ring (bicyclic) bond motifs is 2. The van der Waals surface area contributed by atoms with E-state index < -0.39 is 41.6 Å². The molecule has 0 bridgehead atoms. The molecule has 0 saturated carbocycles. The summed E-state index contributed by atoms with van der Waals surface area (Å²) in [5.74, 6) is -2.93. The van der Waals surface area contributed by atoms with Gasteiger partial charge in [0.1, 0.15) is 6.04 Å². The fraction of sp³-hybridized carbons (Fsp3) is 0.214. The second kappa shape index (κ2) is 11.5. The van der Waals surface area contributed by atoms with Crippen LogP contribution in [0.25, 0.3) is 22.1 Å². The van der Waals surface area contributed by atoms with Crippen LogP contribution in [0.5, 0.6) is 0 Å². The molecule has 0 radical (unpaired) electrons. The number of anilines is 2. The lowest BCUT2D eigenvalue weighted by atomic mass is 10.1. The van der Waals surface area contributed by atoms with Crippen LogP contribution in [0.2, 0.25) is 5.02 Å². The SMILES string of the molecule is Cn1c(Nc2ccc(C(=O)N[C@@H](CCC(=O)O)C(=O)O)cc2)nc2c1c(=O)n(Cc1cc3c(Cl)cccc3[nH]1)c(=O)n2C. The molecule has 222 valence electrons. The Morgan fingerprint density at radius 3 is 2.42 bits per heavy atom. The lowest BCUT2D eigenvalue weighted by molar-refractivity contribution is -0.140. The van der Waals surface area contributed by atoms with E-state index >= 15 is 0 Å². The average molecular weight is 608 g/mol. The number of carbonyl (C=O) groups excluding carboxylic acids is 1. The van der Waals surface area contributed by atoms with E-state index in [0.29, 0.717) is 16.4 Å². The van der Waals surface area contributed by atoms with Crippen molar-refractivity contribution in [3.8, 4) is 0 Å². The van der Waals surface area contributed by atoms with Gasteiger partial charge in [-0.1, -0.05) is 17.7 Å². The summed E-state index contributed by atoms with van der Waals surface area (Å²) in [6.45, 7) is -0.0109. The van der Waals surface area contributed by atoms with E-state index in [1.807, 2.05) is 6.07 Å². The van der Waals surface area contributed by atoms with E-state index in [9.17, 15) is 29.1 Å². The third kappa shape index (κ3) is 5.72. The maximum Gasteiger partial charge on any atom is 0.332 e. The van der Waals surface area contributed by atoms with Gasteiger partial charge in [-0.15, -0.1) is 0 Å². The second-order valence-electron chi connectivity index (χ2n) is 9.89. The van der Waals surface area contributed by atoms with Crippen molar-refractivity contribution >= 4 is 63.1 Å². The van der Waals surface area contributed by atoms with Gasteiger partial charge in [0.2, 0.25) is 5.95 Å². The van der Waals surface area contributed by atoms with Crippen LogP contribution in [0.15, 0.2) is 58.1 Å². The van der Waals surface area contributed by atoms with Gasteiger partial charge < -0.3 is 30.4 Å². The zero-order valence-corrected chi connectivity index (χ0v) is 23.7. The molecule has 0 aliphatic carbocycles. The summed E-state index contributed by atoms with van der Waals surface area (Å²) in [5, 5.41) is 24.8. The number of halogens is 1. The topological polar surface area (TPSA) is 193 Å². The van der Waals surface area contributed by atoms with Crippen LogP contribution >= 0.6 is 11.6 Å². The highest BCUT2D eigenvalue weighted by molar-refractivity contribution is 6.35. The van der Waals surface area contributed by atoms with Crippen molar-refractivity contribution in [2.24, 2.45) is 14.1 Å². The number of aromatic nitrogens is 5. The summed E-state index contributed by atoms with van der Waals surface area (Å²) in [6, 6.07) is 11.9. The van der Waals surface area contributed by atoms with Gasteiger partial charge in [-0.3, -0.25) is 23.5 Å². The molecule has 0 aliphatic rings. The Morgan fingerprint density at radius 2 is 1.77 bits per heavy atom. The molecule has 0 fully saturated rings. The van der Waals surface area contributed by atoms with Crippen molar-refractivity contribution in [1.82, 2.24) is 29.0 Å². The maximum absolute atomic E-state index is 13.5. The number of aryl methyl sites for hydroxylation is 2. The number of carboxylic acids is 2. The highest BCUT2D eigenvalue weighted by atomic mass is 35.5. The van der Waals surface area contributed by atoms with E-state index in [1.54, 1.807) is 37.4 Å². The number of carboxylic acid groups (broad SMARTS) is 2. The third-order valence-corrected chi connectivity index (χ3v) is 7.34. The Kier molecular flexibility index (Phi) is 7.78. The Labute approximate surface area is 247 Å². The van der Waals surface area contributed by atoms with E-state index in [2.05, 4.69) is 20.6 Å². The zero-order chi connectivity index (χ0) is 31.0. The number of amides is 1. The minimum atomic E-state index is -1.36. The fourth-order valence-electron chi connectivity index (χ4n) is 4.73. The van der Waals surface area contributed by atoms with Gasteiger partial charge in [0.15, 0.2) is 11.2 Å². The molecule has 1 atom stereocenters. The normalized spacial score (nSPS) is 12.0. The molecule has 2 aromatic carbocycles. The van der Waals surface area contributed by atoms with E-state index in [1.165, 1.54) is 28.3 Å². The number of hydrogen-bond donors (Lipinski definition) is 5. The number of nitrogens with zero attached hydrogens (tertiary/aromatic N) is 4. The number of imidazole rings is 1. The molecule has 43 heavy (non-hydrogen) atoms. The average Bonchev–Trinajstić information content (AvgIpc) is 3.53. The van der Waals surface area contributed by atoms with Crippen molar-refractivity contribution < 1.29 is 24.6 Å². The largest absolute Gasteiger partial charge is 0.481 e. The van der Waals surface area contributed by atoms with Gasteiger partial charge in [0, 0.05) is 53.4 Å². The first-order chi connectivity index (χ1) is 20.4. The van der Waals surface area contributed by atoms with Gasteiger partial charge >= 0.3 is 17.6 Å². The monoisotopic (exact) mass is 607 g/mol. The molecule has 0 aliphatic heterocycles. The molecule has 3 aromatic heterocycles. The smallest absolute Gasteiger partial charge is 0.332 e. The van der Waals surface area contributed by atoms with E-state index in [-0.39, 0.29) is 35.6 Å². The zero-order valence-electron chi connectivity index (χ0n) is 22.9. The molecular formula is C28H26ClN7O7. The lowest BCUT2D eigenvalue weighted by Gasteiger charge is -2.14. The quantitative estimate of drug-likeness (QED) is 0.158. The van der Waals surface area contributed by atoms with Crippen LogP contribution < -0.4 is 21.9 Å². The molecule has 3 heterocycles. The third-order valence-electron chi connectivity index (χ3n) is 7.01. The molecule has 0 spiro atoms. The number of aliphatic carboxylic acids is 2. The minimum Gasteiger partial charge on any atom is -0.481 e. The molecule has 0 saturated heterocycles. The fourth-order valence-corrected chi connectivity index (χ4v) is 4.96. The number of nitrogens with one attached hydrogen (secondary N) is 3.